The molecular formula is C13H12FNO2. The average molecular weight is 233 g/mol. The molecule has 1 heterocycles. The van der Waals surface area contributed by atoms with E-state index in [4.69, 9.17) is 4.74 Å². The number of aromatic nitrogens is 1. The highest BCUT2D eigenvalue weighted by molar-refractivity contribution is 5.29. The number of hydrogen-bond donors (Lipinski definition) is 0. The van der Waals surface area contributed by atoms with Gasteiger partial charge in [-0.15, -0.1) is 0 Å². The molecular weight excluding hydrogens is 221 g/mol. The van der Waals surface area contributed by atoms with Crippen molar-refractivity contribution in [2.24, 2.45) is 0 Å². The van der Waals surface area contributed by atoms with Gasteiger partial charge in [0.25, 0.3) is 5.56 Å². The van der Waals surface area contributed by atoms with E-state index in [2.05, 4.69) is 0 Å². The lowest BCUT2D eigenvalue weighted by Gasteiger charge is -2.07. The normalized spacial score (nSPS) is 10.2. The van der Waals surface area contributed by atoms with E-state index in [-0.39, 0.29) is 11.3 Å². The molecule has 0 fully saturated rings. The lowest BCUT2D eigenvalue weighted by atomic mass is 10.2. The Morgan fingerprint density at radius 3 is 2.76 bits per heavy atom. The summed E-state index contributed by atoms with van der Waals surface area (Å²) in [5.74, 6) is -0.219. The van der Waals surface area contributed by atoms with Crippen molar-refractivity contribution < 1.29 is 9.13 Å². The van der Waals surface area contributed by atoms with Gasteiger partial charge in [0.15, 0.2) is 11.6 Å². The van der Waals surface area contributed by atoms with E-state index in [0.717, 1.165) is 5.56 Å². The third kappa shape index (κ3) is 2.53. The van der Waals surface area contributed by atoms with E-state index >= 15 is 0 Å². The van der Waals surface area contributed by atoms with Crippen molar-refractivity contribution in [3.8, 4) is 5.75 Å². The van der Waals surface area contributed by atoms with Crippen LogP contribution in [0.2, 0.25) is 0 Å². The summed E-state index contributed by atoms with van der Waals surface area (Å²) in [5.41, 5.74) is 0.611. The summed E-state index contributed by atoms with van der Waals surface area (Å²) in [7, 11) is 1.42. The van der Waals surface area contributed by atoms with Crippen molar-refractivity contribution in [1.29, 1.82) is 0 Å². The van der Waals surface area contributed by atoms with Crippen LogP contribution >= 0.6 is 0 Å². The molecule has 1 aromatic heterocycles. The molecule has 4 heteroatoms. The van der Waals surface area contributed by atoms with Crippen molar-refractivity contribution in [2.45, 2.75) is 6.54 Å². The summed E-state index contributed by atoms with van der Waals surface area (Å²) < 4.78 is 19.8. The topological polar surface area (TPSA) is 31.2 Å². The van der Waals surface area contributed by atoms with Crippen LogP contribution in [0.5, 0.6) is 5.75 Å². The van der Waals surface area contributed by atoms with Gasteiger partial charge in [0.2, 0.25) is 0 Å². The summed E-state index contributed by atoms with van der Waals surface area (Å²) >= 11 is 0. The van der Waals surface area contributed by atoms with Gasteiger partial charge in [-0.3, -0.25) is 4.79 Å². The molecule has 0 radical (unpaired) electrons. The van der Waals surface area contributed by atoms with Gasteiger partial charge < -0.3 is 9.30 Å². The molecule has 0 aliphatic rings. The molecule has 17 heavy (non-hydrogen) atoms. The van der Waals surface area contributed by atoms with Crippen LogP contribution in [0.1, 0.15) is 5.56 Å². The van der Waals surface area contributed by atoms with Crippen LogP contribution in [0.3, 0.4) is 0 Å². The zero-order valence-corrected chi connectivity index (χ0v) is 9.39. The van der Waals surface area contributed by atoms with E-state index in [0.29, 0.717) is 6.54 Å². The molecule has 1 aromatic carbocycles. The number of halogens is 1. The number of nitrogens with zero attached hydrogens (tertiary/aromatic N) is 1. The van der Waals surface area contributed by atoms with Crippen molar-refractivity contribution >= 4 is 0 Å². The Bertz CT molecular complexity index is 578. The van der Waals surface area contributed by atoms with Crippen molar-refractivity contribution in [2.75, 3.05) is 7.11 Å². The number of benzene rings is 1. The van der Waals surface area contributed by atoms with Crippen molar-refractivity contribution in [3.05, 3.63) is 64.3 Å². The Hall–Kier alpha value is -2.10. The molecule has 0 saturated carbocycles. The first-order valence-corrected chi connectivity index (χ1v) is 5.18. The molecule has 0 bridgehead atoms. The summed E-state index contributed by atoms with van der Waals surface area (Å²) in [5, 5.41) is 0. The summed E-state index contributed by atoms with van der Waals surface area (Å²) in [6.45, 7) is 0.348. The van der Waals surface area contributed by atoms with Crippen LogP contribution in [0.25, 0.3) is 0 Å². The van der Waals surface area contributed by atoms with Gasteiger partial charge in [-0.05, 0) is 23.8 Å². The lowest BCUT2D eigenvalue weighted by molar-refractivity contribution is 0.386. The summed E-state index contributed by atoms with van der Waals surface area (Å²) in [6, 6.07) is 9.58. The quantitative estimate of drug-likeness (QED) is 0.812. The maximum Gasteiger partial charge on any atom is 0.250 e. The fraction of sp³-hybridized carbons (Fsp3) is 0.154. The molecule has 0 unspecified atom stereocenters. The third-order valence-corrected chi connectivity index (χ3v) is 2.47. The van der Waals surface area contributed by atoms with E-state index in [1.54, 1.807) is 30.5 Å². The van der Waals surface area contributed by atoms with Crippen molar-refractivity contribution in [3.63, 3.8) is 0 Å². The van der Waals surface area contributed by atoms with Gasteiger partial charge in [-0.25, -0.2) is 4.39 Å². The van der Waals surface area contributed by atoms with Gasteiger partial charge in [0, 0.05) is 12.3 Å². The molecule has 0 amide bonds. The first-order valence-electron chi connectivity index (χ1n) is 5.18. The van der Waals surface area contributed by atoms with Crippen LogP contribution in [-0.4, -0.2) is 11.7 Å². The Kier molecular flexibility index (Phi) is 3.23. The van der Waals surface area contributed by atoms with Crippen LogP contribution in [0, 0.1) is 5.82 Å². The number of pyridine rings is 1. The number of rotatable bonds is 3. The second-order valence-electron chi connectivity index (χ2n) is 3.64. The minimum absolute atomic E-state index is 0.108. The first-order chi connectivity index (χ1) is 8.20. The van der Waals surface area contributed by atoms with Crippen molar-refractivity contribution in [1.82, 2.24) is 4.57 Å². The molecule has 2 aromatic rings. The van der Waals surface area contributed by atoms with Gasteiger partial charge >= 0.3 is 0 Å². The Morgan fingerprint density at radius 2 is 2.12 bits per heavy atom. The molecule has 0 aliphatic carbocycles. The maximum absolute atomic E-state index is 13.4. The molecule has 0 spiro atoms. The van der Waals surface area contributed by atoms with Gasteiger partial charge in [-0.1, -0.05) is 12.1 Å². The Labute approximate surface area is 98.1 Å². The molecule has 88 valence electrons. The number of ether oxygens (including phenoxy) is 1. The fourth-order valence-electron chi connectivity index (χ4n) is 1.60. The summed E-state index contributed by atoms with van der Waals surface area (Å²) in [4.78, 5) is 11.5. The van der Waals surface area contributed by atoms with Crippen LogP contribution in [0.4, 0.5) is 4.39 Å². The monoisotopic (exact) mass is 233 g/mol. The molecule has 0 aliphatic heterocycles. The molecule has 0 saturated heterocycles. The van der Waals surface area contributed by atoms with E-state index < -0.39 is 5.82 Å². The van der Waals surface area contributed by atoms with Crippen LogP contribution in [-0.2, 0) is 6.54 Å². The van der Waals surface area contributed by atoms with Gasteiger partial charge in [0.1, 0.15) is 0 Å². The third-order valence-electron chi connectivity index (χ3n) is 2.47. The predicted molar refractivity (Wildman–Crippen MR) is 62.8 cm³/mol. The molecule has 0 atom stereocenters. The maximum atomic E-state index is 13.4. The molecule has 0 N–H and O–H groups in total. The number of hydrogen-bond acceptors (Lipinski definition) is 2. The largest absolute Gasteiger partial charge is 0.494 e. The minimum atomic E-state index is -0.422. The van der Waals surface area contributed by atoms with Crippen LogP contribution in [0.15, 0.2) is 47.4 Å². The second kappa shape index (κ2) is 4.82. The lowest BCUT2D eigenvalue weighted by Crippen LogP contribution is -2.18. The average Bonchev–Trinajstić information content (AvgIpc) is 2.32. The number of methoxy groups -OCH3 is 1. The predicted octanol–water partition coefficient (Wildman–Crippen LogP) is 2.04. The minimum Gasteiger partial charge on any atom is -0.494 e. The zero-order chi connectivity index (χ0) is 12.3. The highest BCUT2D eigenvalue weighted by Gasteiger charge is 2.04. The second-order valence-corrected chi connectivity index (χ2v) is 3.64. The summed E-state index contributed by atoms with van der Waals surface area (Å²) in [6.07, 6.45) is 1.67. The first kappa shape index (κ1) is 11.4. The zero-order valence-electron chi connectivity index (χ0n) is 9.39. The SMILES string of the molecule is COc1ccc(Cn2ccccc2=O)cc1F. The highest BCUT2D eigenvalue weighted by atomic mass is 19.1. The molecule has 2 rings (SSSR count). The smallest absolute Gasteiger partial charge is 0.250 e. The van der Waals surface area contributed by atoms with E-state index in [1.165, 1.54) is 23.8 Å². The Balaban J connectivity index is 2.28. The Morgan fingerprint density at radius 1 is 1.29 bits per heavy atom. The fourth-order valence-corrected chi connectivity index (χ4v) is 1.60. The standard InChI is InChI=1S/C13H12FNO2/c1-17-12-6-5-10(8-11(12)14)9-15-7-3-2-4-13(15)16/h2-8H,9H2,1H3. The van der Waals surface area contributed by atoms with Gasteiger partial charge in [0.05, 0.1) is 13.7 Å². The van der Waals surface area contributed by atoms with E-state index in [1.807, 2.05) is 0 Å². The van der Waals surface area contributed by atoms with Crippen LogP contribution < -0.4 is 10.3 Å². The van der Waals surface area contributed by atoms with E-state index in [9.17, 15) is 9.18 Å². The molecule has 3 nitrogen and oxygen atoms in total. The highest BCUT2D eigenvalue weighted by Crippen LogP contribution is 2.17. The van der Waals surface area contributed by atoms with Gasteiger partial charge in [-0.2, -0.15) is 0 Å².